The van der Waals surface area contributed by atoms with Crippen LogP contribution in [-0.2, 0) is 4.79 Å². The van der Waals surface area contributed by atoms with Crippen molar-refractivity contribution in [1.29, 1.82) is 0 Å². The Kier molecular flexibility index (Phi) is 5.56. The van der Waals surface area contributed by atoms with E-state index in [1.165, 1.54) is 11.1 Å². The maximum absolute atomic E-state index is 12.8. The molecule has 5 nitrogen and oxygen atoms in total. The van der Waals surface area contributed by atoms with Crippen LogP contribution >= 0.6 is 0 Å². The van der Waals surface area contributed by atoms with Crippen LogP contribution in [0.5, 0.6) is 0 Å². The van der Waals surface area contributed by atoms with Crippen molar-refractivity contribution in [2.45, 2.75) is 26.7 Å². The van der Waals surface area contributed by atoms with Crippen molar-refractivity contribution < 1.29 is 4.79 Å². The molecule has 1 aliphatic heterocycles. The lowest BCUT2D eigenvalue weighted by Crippen LogP contribution is -2.41. The smallest absolute Gasteiger partial charge is 0.229 e. The molecule has 1 aliphatic rings. The predicted molar refractivity (Wildman–Crippen MR) is 117 cm³/mol. The molecule has 4 rings (SSSR count). The summed E-state index contributed by atoms with van der Waals surface area (Å²) in [6.45, 7) is 5.68. The van der Waals surface area contributed by atoms with Crippen LogP contribution in [0.15, 0.2) is 60.8 Å². The van der Waals surface area contributed by atoms with Gasteiger partial charge in [-0.15, -0.1) is 0 Å². The first-order chi connectivity index (χ1) is 14.1. The third-order valence-corrected chi connectivity index (χ3v) is 5.39. The molecule has 0 radical (unpaired) electrons. The molecule has 1 saturated heterocycles. The molecule has 1 fully saturated rings. The third-order valence-electron chi connectivity index (χ3n) is 5.39. The van der Waals surface area contributed by atoms with Gasteiger partial charge in [-0.2, -0.15) is 0 Å². The number of rotatable bonds is 4. The van der Waals surface area contributed by atoms with Crippen LogP contribution in [0.1, 0.15) is 24.0 Å². The van der Waals surface area contributed by atoms with E-state index in [2.05, 4.69) is 34.3 Å². The molecule has 1 atom stereocenters. The van der Waals surface area contributed by atoms with Gasteiger partial charge < -0.3 is 10.2 Å². The van der Waals surface area contributed by atoms with Crippen molar-refractivity contribution in [2.75, 3.05) is 23.3 Å². The zero-order valence-corrected chi connectivity index (χ0v) is 16.9. The number of nitrogens with zero attached hydrogens (tertiary/aromatic N) is 3. The Morgan fingerprint density at radius 1 is 1.00 bits per heavy atom. The number of nitrogens with one attached hydrogen (secondary N) is 1. The van der Waals surface area contributed by atoms with Crippen molar-refractivity contribution in [3.8, 4) is 11.4 Å². The number of hydrogen-bond acceptors (Lipinski definition) is 4. The van der Waals surface area contributed by atoms with Gasteiger partial charge in [-0.25, -0.2) is 9.97 Å². The van der Waals surface area contributed by atoms with E-state index in [1.807, 2.05) is 49.4 Å². The summed E-state index contributed by atoms with van der Waals surface area (Å²) in [4.78, 5) is 24.2. The van der Waals surface area contributed by atoms with Gasteiger partial charge in [-0.1, -0.05) is 47.5 Å². The van der Waals surface area contributed by atoms with Gasteiger partial charge in [0.1, 0.15) is 5.82 Å². The first-order valence-corrected chi connectivity index (χ1v) is 10.1. The Hall–Kier alpha value is -3.21. The number of piperidine rings is 1. The third kappa shape index (κ3) is 4.62. The topological polar surface area (TPSA) is 58.1 Å². The van der Waals surface area contributed by atoms with Gasteiger partial charge >= 0.3 is 0 Å². The summed E-state index contributed by atoms with van der Waals surface area (Å²) in [5.74, 6) is 1.62. The molecule has 1 unspecified atom stereocenters. The number of amides is 1. The molecular weight excluding hydrogens is 360 g/mol. The number of aryl methyl sites for hydroxylation is 2. The second kappa shape index (κ2) is 8.43. The molecule has 5 heteroatoms. The fourth-order valence-corrected chi connectivity index (χ4v) is 3.65. The molecule has 0 aliphatic carbocycles. The van der Waals surface area contributed by atoms with Crippen LogP contribution in [0.2, 0.25) is 0 Å². The Morgan fingerprint density at radius 2 is 1.69 bits per heavy atom. The highest BCUT2D eigenvalue weighted by molar-refractivity contribution is 5.93. The molecular formula is C24H26N4O. The summed E-state index contributed by atoms with van der Waals surface area (Å²) in [6, 6.07) is 18.1. The van der Waals surface area contributed by atoms with E-state index in [-0.39, 0.29) is 11.8 Å². The summed E-state index contributed by atoms with van der Waals surface area (Å²) >= 11 is 0. The van der Waals surface area contributed by atoms with Crippen LogP contribution in [0, 0.1) is 19.8 Å². The zero-order chi connectivity index (χ0) is 20.2. The Labute approximate surface area is 171 Å². The highest BCUT2D eigenvalue weighted by Crippen LogP contribution is 2.25. The number of hydrogen-bond donors (Lipinski definition) is 1. The molecule has 0 saturated carbocycles. The predicted octanol–water partition coefficient (Wildman–Crippen LogP) is 4.62. The van der Waals surface area contributed by atoms with Gasteiger partial charge in [0.05, 0.1) is 5.92 Å². The van der Waals surface area contributed by atoms with Gasteiger partial charge in [0.15, 0.2) is 5.82 Å². The SMILES string of the molecule is Cc1ccc(NC(=O)C2CCCN(c3ccnc(-c4ccc(C)cc4)n3)C2)cc1. The molecule has 1 aromatic heterocycles. The number of aromatic nitrogens is 2. The number of benzene rings is 2. The lowest BCUT2D eigenvalue weighted by atomic mass is 9.97. The van der Waals surface area contributed by atoms with E-state index in [0.717, 1.165) is 36.5 Å². The first-order valence-electron chi connectivity index (χ1n) is 10.1. The average Bonchev–Trinajstić information content (AvgIpc) is 2.76. The Morgan fingerprint density at radius 3 is 2.41 bits per heavy atom. The lowest BCUT2D eigenvalue weighted by Gasteiger charge is -2.33. The molecule has 2 aromatic carbocycles. The highest BCUT2D eigenvalue weighted by Gasteiger charge is 2.27. The first kappa shape index (κ1) is 19.1. The monoisotopic (exact) mass is 386 g/mol. The van der Waals surface area contributed by atoms with E-state index in [9.17, 15) is 4.79 Å². The average molecular weight is 386 g/mol. The molecule has 1 N–H and O–H groups in total. The fourth-order valence-electron chi connectivity index (χ4n) is 3.65. The number of carbonyl (C=O) groups is 1. The van der Waals surface area contributed by atoms with Gasteiger partial charge in [-0.3, -0.25) is 4.79 Å². The van der Waals surface area contributed by atoms with Crippen molar-refractivity contribution >= 4 is 17.4 Å². The second-order valence-electron chi connectivity index (χ2n) is 7.74. The maximum atomic E-state index is 12.8. The van der Waals surface area contributed by atoms with E-state index in [4.69, 9.17) is 4.98 Å². The van der Waals surface area contributed by atoms with E-state index in [0.29, 0.717) is 12.4 Å². The van der Waals surface area contributed by atoms with Crippen molar-refractivity contribution in [2.24, 2.45) is 5.92 Å². The van der Waals surface area contributed by atoms with Crippen LogP contribution in [0.4, 0.5) is 11.5 Å². The van der Waals surface area contributed by atoms with Crippen LogP contribution in [0.3, 0.4) is 0 Å². The molecule has 0 bridgehead atoms. The van der Waals surface area contributed by atoms with Crippen LogP contribution in [0.25, 0.3) is 11.4 Å². The van der Waals surface area contributed by atoms with E-state index >= 15 is 0 Å². The molecule has 0 spiro atoms. The zero-order valence-electron chi connectivity index (χ0n) is 16.9. The summed E-state index contributed by atoms with van der Waals surface area (Å²) in [5.41, 5.74) is 4.24. The summed E-state index contributed by atoms with van der Waals surface area (Å²) < 4.78 is 0. The molecule has 148 valence electrons. The minimum absolute atomic E-state index is 0.0529. The number of carbonyl (C=O) groups excluding carboxylic acids is 1. The van der Waals surface area contributed by atoms with Crippen LogP contribution in [-0.4, -0.2) is 29.0 Å². The van der Waals surface area contributed by atoms with E-state index < -0.39 is 0 Å². The van der Waals surface area contributed by atoms with Gasteiger partial charge in [-0.05, 0) is 44.9 Å². The number of anilines is 2. The Bertz CT molecular complexity index is 983. The van der Waals surface area contributed by atoms with Crippen molar-refractivity contribution in [3.05, 3.63) is 71.9 Å². The molecule has 2 heterocycles. The second-order valence-corrected chi connectivity index (χ2v) is 7.74. The minimum atomic E-state index is -0.0529. The highest BCUT2D eigenvalue weighted by atomic mass is 16.1. The Balaban J connectivity index is 1.46. The minimum Gasteiger partial charge on any atom is -0.356 e. The fraction of sp³-hybridized carbons (Fsp3) is 0.292. The van der Waals surface area contributed by atoms with Gasteiger partial charge in [0.2, 0.25) is 5.91 Å². The normalized spacial score (nSPS) is 16.5. The largest absolute Gasteiger partial charge is 0.356 e. The lowest BCUT2D eigenvalue weighted by molar-refractivity contribution is -0.120. The molecule has 1 amide bonds. The van der Waals surface area contributed by atoms with Gasteiger partial charge in [0.25, 0.3) is 0 Å². The van der Waals surface area contributed by atoms with Crippen LogP contribution < -0.4 is 10.2 Å². The van der Waals surface area contributed by atoms with Gasteiger partial charge in [0, 0.05) is 30.5 Å². The van der Waals surface area contributed by atoms with Crippen molar-refractivity contribution in [3.63, 3.8) is 0 Å². The summed E-state index contributed by atoms with van der Waals surface area (Å²) in [7, 11) is 0. The van der Waals surface area contributed by atoms with Crippen molar-refractivity contribution in [1.82, 2.24) is 9.97 Å². The maximum Gasteiger partial charge on any atom is 0.229 e. The molecule has 29 heavy (non-hydrogen) atoms. The standard InChI is InChI=1S/C24H26N4O/c1-17-5-9-19(10-6-17)23-25-14-13-22(27-23)28-15-3-4-20(16-28)24(29)26-21-11-7-18(2)8-12-21/h5-14,20H,3-4,15-16H2,1-2H3,(H,26,29). The summed E-state index contributed by atoms with van der Waals surface area (Å²) in [5, 5.41) is 3.06. The summed E-state index contributed by atoms with van der Waals surface area (Å²) in [6.07, 6.45) is 3.66. The van der Waals surface area contributed by atoms with E-state index in [1.54, 1.807) is 6.20 Å². The quantitative estimate of drug-likeness (QED) is 0.711. The molecule has 3 aromatic rings.